The summed E-state index contributed by atoms with van der Waals surface area (Å²) in [5, 5.41) is 17.5. The van der Waals surface area contributed by atoms with Gasteiger partial charge in [-0.15, -0.1) is 0 Å². The van der Waals surface area contributed by atoms with Crippen LogP contribution < -0.4 is 5.73 Å². The Labute approximate surface area is 57.9 Å². The van der Waals surface area contributed by atoms with Crippen LogP contribution in [-0.4, -0.2) is 16.8 Å². The first-order valence-corrected chi connectivity index (χ1v) is 2.87. The van der Waals surface area contributed by atoms with Gasteiger partial charge in [-0.25, -0.2) is 0 Å². The molecule has 1 aromatic heterocycles. The van der Waals surface area contributed by atoms with Gasteiger partial charge in [0.2, 0.25) is 0 Å². The summed E-state index contributed by atoms with van der Waals surface area (Å²) in [7, 11) is 0. The van der Waals surface area contributed by atoms with Gasteiger partial charge in [-0.05, 0) is 0 Å². The lowest BCUT2D eigenvalue weighted by Crippen LogP contribution is -2.13. The van der Waals surface area contributed by atoms with Crippen molar-refractivity contribution in [3.63, 3.8) is 0 Å². The number of hydrogen-bond acceptors (Lipinski definition) is 4. The van der Waals surface area contributed by atoms with Crippen LogP contribution in [0.3, 0.4) is 0 Å². The molecule has 0 amide bonds. The summed E-state index contributed by atoms with van der Waals surface area (Å²) in [6.45, 7) is -0.201. The quantitative estimate of drug-likeness (QED) is 0.543. The highest BCUT2D eigenvalue weighted by Gasteiger charge is 2.10. The van der Waals surface area contributed by atoms with Crippen molar-refractivity contribution in [1.29, 1.82) is 0 Å². The molecule has 0 bridgehead atoms. The molecule has 0 aliphatic heterocycles. The maximum atomic E-state index is 8.97. The normalized spacial score (nSPS) is 13.4. The lowest BCUT2D eigenvalue weighted by molar-refractivity contribution is 0.265. The van der Waals surface area contributed by atoms with Crippen molar-refractivity contribution in [2.75, 3.05) is 6.61 Å². The molecule has 0 aromatic carbocycles. The maximum absolute atomic E-state index is 8.97. The third-order valence-electron chi connectivity index (χ3n) is 1.27. The molecule has 0 saturated carbocycles. The van der Waals surface area contributed by atoms with Gasteiger partial charge in [-0.3, -0.25) is 0 Å². The molecular weight excluding hydrogens is 134 g/mol. The van der Waals surface area contributed by atoms with Crippen LogP contribution in [0.4, 0.5) is 0 Å². The average Bonchev–Trinajstić information content (AvgIpc) is 2.34. The smallest absolute Gasteiger partial charge is 0.158 e. The van der Waals surface area contributed by atoms with E-state index in [2.05, 4.69) is 4.42 Å². The second-order valence-corrected chi connectivity index (χ2v) is 2.00. The monoisotopic (exact) mass is 143 g/mol. The molecule has 0 aliphatic rings. The Morgan fingerprint density at radius 2 is 2.30 bits per heavy atom. The highest BCUT2D eigenvalue weighted by atomic mass is 16.3. The highest BCUT2D eigenvalue weighted by Crippen LogP contribution is 2.22. The Balaban J connectivity index is 2.82. The van der Waals surface area contributed by atoms with Gasteiger partial charge in [-0.1, -0.05) is 0 Å². The average molecular weight is 143 g/mol. The van der Waals surface area contributed by atoms with Crippen molar-refractivity contribution in [2.24, 2.45) is 5.73 Å². The maximum Gasteiger partial charge on any atom is 0.158 e. The fraction of sp³-hybridized carbons (Fsp3) is 0.333. The Morgan fingerprint density at radius 1 is 1.60 bits per heavy atom. The molecule has 0 radical (unpaired) electrons. The molecule has 0 spiro atoms. The second-order valence-electron chi connectivity index (χ2n) is 2.00. The van der Waals surface area contributed by atoms with E-state index in [-0.39, 0.29) is 12.4 Å². The van der Waals surface area contributed by atoms with Crippen LogP contribution in [0.15, 0.2) is 16.9 Å². The van der Waals surface area contributed by atoms with Crippen LogP contribution in [0.1, 0.15) is 11.6 Å². The first-order chi connectivity index (χ1) is 4.75. The lowest BCUT2D eigenvalue weighted by atomic mass is 10.2. The van der Waals surface area contributed by atoms with Gasteiger partial charge < -0.3 is 20.4 Å². The van der Waals surface area contributed by atoms with Gasteiger partial charge >= 0.3 is 0 Å². The fourth-order valence-electron chi connectivity index (χ4n) is 0.676. The summed E-state index contributed by atoms with van der Waals surface area (Å²) in [5.41, 5.74) is 5.80. The number of hydrogen-bond donors (Lipinski definition) is 3. The SMILES string of the molecule is N[C@H](CO)c1cocc1O. The summed E-state index contributed by atoms with van der Waals surface area (Å²) in [4.78, 5) is 0. The van der Waals surface area contributed by atoms with Crippen molar-refractivity contribution in [3.8, 4) is 5.75 Å². The molecule has 4 N–H and O–H groups in total. The van der Waals surface area contributed by atoms with Gasteiger partial charge in [0.15, 0.2) is 5.75 Å². The summed E-state index contributed by atoms with van der Waals surface area (Å²) >= 11 is 0. The van der Waals surface area contributed by atoms with Crippen LogP contribution in [0.25, 0.3) is 0 Å². The minimum atomic E-state index is -0.557. The molecule has 56 valence electrons. The molecular formula is C6H9NO3. The van der Waals surface area contributed by atoms with Gasteiger partial charge in [0, 0.05) is 0 Å². The topological polar surface area (TPSA) is 79.6 Å². The minimum absolute atomic E-state index is 0.0125. The largest absolute Gasteiger partial charge is 0.504 e. The number of nitrogens with two attached hydrogens (primary N) is 1. The van der Waals surface area contributed by atoms with Crippen molar-refractivity contribution in [2.45, 2.75) is 6.04 Å². The first kappa shape index (κ1) is 7.11. The van der Waals surface area contributed by atoms with E-state index in [4.69, 9.17) is 15.9 Å². The predicted octanol–water partition coefficient (Wildman–Crippen LogP) is -0.0227. The summed E-state index contributed by atoms with van der Waals surface area (Å²) in [6, 6.07) is -0.557. The Morgan fingerprint density at radius 3 is 2.70 bits per heavy atom. The van der Waals surface area contributed by atoms with Gasteiger partial charge in [0.25, 0.3) is 0 Å². The predicted molar refractivity (Wildman–Crippen MR) is 34.4 cm³/mol. The third-order valence-corrected chi connectivity index (χ3v) is 1.27. The zero-order valence-electron chi connectivity index (χ0n) is 5.32. The van der Waals surface area contributed by atoms with Crippen LogP contribution in [0.2, 0.25) is 0 Å². The zero-order chi connectivity index (χ0) is 7.56. The number of furan rings is 1. The Hall–Kier alpha value is -1.00. The second kappa shape index (κ2) is 2.72. The summed E-state index contributed by atoms with van der Waals surface area (Å²) in [6.07, 6.45) is 2.49. The molecule has 0 aliphatic carbocycles. The number of aromatic hydroxyl groups is 1. The third kappa shape index (κ3) is 1.12. The molecule has 4 heteroatoms. The Bertz CT molecular complexity index is 209. The lowest BCUT2D eigenvalue weighted by Gasteiger charge is -2.03. The first-order valence-electron chi connectivity index (χ1n) is 2.87. The van der Waals surface area contributed by atoms with Crippen LogP contribution in [-0.2, 0) is 0 Å². The van der Waals surface area contributed by atoms with Crippen molar-refractivity contribution >= 4 is 0 Å². The van der Waals surface area contributed by atoms with E-state index in [0.717, 1.165) is 0 Å². The van der Waals surface area contributed by atoms with Crippen LogP contribution in [0, 0.1) is 0 Å². The van der Waals surface area contributed by atoms with Crippen LogP contribution in [0.5, 0.6) is 5.75 Å². The molecule has 10 heavy (non-hydrogen) atoms. The molecule has 1 rings (SSSR count). The molecule has 1 aromatic rings. The van der Waals surface area contributed by atoms with E-state index in [1.807, 2.05) is 0 Å². The molecule has 0 saturated heterocycles. The number of aliphatic hydroxyl groups is 1. The number of aliphatic hydroxyl groups excluding tert-OH is 1. The highest BCUT2D eigenvalue weighted by molar-refractivity contribution is 5.28. The van der Waals surface area contributed by atoms with E-state index in [1.165, 1.54) is 12.5 Å². The molecule has 1 atom stereocenters. The van der Waals surface area contributed by atoms with E-state index in [1.54, 1.807) is 0 Å². The van der Waals surface area contributed by atoms with Gasteiger partial charge in [-0.2, -0.15) is 0 Å². The van der Waals surface area contributed by atoms with Gasteiger partial charge in [0.1, 0.15) is 6.26 Å². The molecule has 0 fully saturated rings. The number of rotatable bonds is 2. The van der Waals surface area contributed by atoms with Gasteiger partial charge in [0.05, 0.1) is 24.5 Å². The van der Waals surface area contributed by atoms with Crippen molar-refractivity contribution in [1.82, 2.24) is 0 Å². The fourth-order valence-corrected chi connectivity index (χ4v) is 0.676. The van der Waals surface area contributed by atoms with E-state index in [0.29, 0.717) is 5.56 Å². The molecule has 0 unspecified atom stereocenters. The molecule has 1 heterocycles. The standard InChI is InChI=1S/C6H9NO3/c7-5(1-8)4-2-10-3-6(4)9/h2-3,5,8-9H,1,7H2/t5-/m1/s1. The minimum Gasteiger partial charge on any atom is -0.504 e. The van der Waals surface area contributed by atoms with Crippen molar-refractivity contribution in [3.05, 3.63) is 18.1 Å². The van der Waals surface area contributed by atoms with E-state index in [9.17, 15) is 0 Å². The van der Waals surface area contributed by atoms with E-state index >= 15 is 0 Å². The summed E-state index contributed by atoms with van der Waals surface area (Å²) < 4.78 is 4.63. The summed E-state index contributed by atoms with van der Waals surface area (Å²) in [5.74, 6) is -0.0125. The van der Waals surface area contributed by atoms with Crippen LogP contribution >= 0.6 is 0 Å². The zero-order valence-corrected chi connectivity index (χ0v) is 5.32. The Kier molecular flexibility index (Phi) is 1.94. The molecule has 4 nitrogen and oxygen atoms in total. The van der Waals surface area contributed by atoms with E-state index < -0.39 is 6.04 Å². The van der Waals surface area contributed by atoms with Crippen molar-refractivity contribution < 1.29 is 14.6 Å².